The van der Waals surface area contributed by atoms with E-state index in [4.69, 9.17) is 23.9 Å². The molecule has 2 N–H and O–H groups in total. The Bertz CT molecular complexity index is 1800. The highest BCUT2D eigenvalue weighted by molar-refractivity contribution is 5.91. The van der Waals surface area contributed by atoms with Crippen molar-refractivity contribution in [3.05, 3.63) is 50.8 Å². The van der Waals surface area contributed by atoms with Gasteiger partial charge in [0.1, 0.15) is 12.2 Å². The summed E-state index contributed by atoms with van der Waals surface area (Å²) >= 11 is 0. The number of alkyl carbamates (subject to hydrolysis) is 1. The van der Waals surface area contributed by atoms with Crippen LogP contribution in [0.15, 0.2) is 23.0 Å². The number of amides is 1. The highest BCUT2D eigenvalue weighted by atomic mass is 16.7. The number of cyclic esters (lactones) is 1. The van der Waals surface area contributed by atoms with Crippen molar-refractivity contribution in [2.75, 3.05) is 26.4 Å². The Morgan fingerprint density at radius 1 is 1.11 bits per heavy atom. The lowest BCUT2D eigenvalue weighted by Crippen LogP contribution is -2.44. The van der Waals surface area contributed by atoms with Gasteiger partial charge in [0.25, 0.3) is 5.56 Å². The van der Waals surface area contributed by atoms with Gasteiger partial charge in [-0.15, -0.1) is 0 Å². The van der Waals surface area contributed by atoms with Crippen molar-refractivity contribution in [3.63, 3.8) is 0 Å². The summed E-state index contributed by atoms with van der Waals surface area (Å²) in [6, 6.07) is 5.61. The highest BCUT2D eigenvalue weighted by Gasteiger charge is 2.45. The topological polar surface area (TPSA) is 141 Å². The van der Waals surface area contributed by atoms with Crippen LogP contribution in [0.25, 0.3) is 22.3 Å². The molecule has 6 heterocycles. The molecule has 4 aliphatic heterocycles. The minimum absolute atomic E-state index is 0.0848. The molecule has 12 heteroatoms. The maximum atomic E-state index is 13.8. The van der Waals surface area contributed by atoms with E-state index in [9.17, 15) is 19.5 Å². The van der Waals surface area contributed by atoms with Crippen LogP contribution < -0.4 is 20.3 Å². The van der Waals surface area contributed by atoms with Crippen molar-refractivity contribution in [2.24, 2.45) is 5.92 Å². The maximum absolute atomic E-state index is 13.8. The predicted octanol–water partition coefficient (Wildman–Crippen LogP) is 3.94. The first kappa shape index (κ1) is 30.5. The van der Waals surface area contributed by atoms with Crippen LogP contribution in [-0.2, 0) is 39.6 Å². The Balaban J connectivity index is 1.18. The zero-order chi connectivity index (χ0) is 32.4. The summed E-state index contributed by atoms with van der Waals surface area (Å²) < 4.78 is 23.7. The van der Waals surface area contributed by atoms with E-state index in [-0.39, 0.29) is 31.5 Å². The number of aromatic nitrogens is 2. The minimum Gasteiger partial charge on any atom is -0.458 e. The first-order valence-corrected chi connectivity index (χ1v) is 16.1. The minimum atomic E-state index is -1.89. The largest absolute Gasteiger partial charge is 0.458 e. The van der Waals surface area contributed by atoms with Gasteiger partial charge >= 0.3 is 12.1 Å². The smallest absolute Gasteiger partial charge is 0.407 e. The summed E-state index contributed by atoms with van der Waals surface area (Å²) in [5.74, 6) is 1.04. The number of aliphatic hydroxyl groups is 1. The molecule has 1 amide bonds. The van der Waals surface area contributed by atoms with E-state index < -0.39 is 17.2 Å². The second-order valence-electron chi connectivity index (χ2n) is 13.7. The van der Waals surface area contributed by atoms with Crippen LogP contribution in [0.5, 0.6) is 11.5 Å². The van der Waals surface area contributed by atoms with Crippen LogP contribution in [0.1, 0.15) is 75.6 Å². The van der Waals surface area contributed by atoms with Gasteiger partial charge in [-0.05, 0) is 83.2 Å². The van der Waals surface area contributed by atoms with E-state index in [1.165, 1.54) is 0 Å². The maximum Gasteiger partial charge on any atom is 0.407 e. The standard InChI is InChI=1S/C34H40N4O8/c1-5-34(42)24-13-26-29-22(16-38(26)30(39)23(24)17-43-31(34)40)21(20-12-27-28(45-18-44-27)14-25(20)36-29)15-37-10-7-19(8-11-37)6-9-35-32(41)46-33(2,3)4/h12-14,19,42H,5-11,15-18H2,1-4H3,(H,35,41)/t34-/m0/s1. The summed E-state index contributed by atoms with van der Waals surface area (Å²) in [6.07, 6.45) is 2.60. The lowest BCUT2D eigenvalue weighted by molar-refractivity contribution is -0.172. The number of piperidine rings is 1. The molecular weight excluding hydrogens is 592 g/mol. The van der Waals surface area contributed by atoms with Gasteiger partial charge in [-0.2, -0.15) is 0 Å². The number of esters is 1. The molecule has 7 rings (SSSR count). The first-order valence-electron chi connectivity index (χ1n) is 16.1. The molecule has 3 aromatic rings. The molecule has 0 unspecified atom stereocenters. The highest BCUT2D eigenvalue weighted by Crippen LogP contribution is 2.43. The van der Waals surface area contributed by atoms with Crippen molar-refractivity contribution in [3.8, 4) is 22.9 Å². The van der Waals surface area contributed by atoms with Gasteiger partial charge in [0, 0.05) is 35.7 Å². The molecule has 244 valence electrons. The first-order chi connectivity index (χ1) is 21.9. The van der Waals surface area contributed by atoms with Gasteiger partial charge in [-0.1, -0.05) is 6.92 Å². The number of nitrogens with one attached hydrogen (secondary N) is 1. The Labute approximate surface area is 266 Å². The van der Waals surface area contributed by atoms with E-state index >= 15 is 0 Å². The molecule has 0 radical (unpaired) electrons. The zero-order valence-corrected chi connectivity index (χ0v) is 26.7. The van der Waals surface area contributed by atoms with Crippen molar-refractivity contribution in [2.45, 2.75) is 84.3 Å². The monoisotopic (exact) mass is 632 g/mol. The molecule has 12 nitrogen and oxygen atoms in total. The summed E-state index contributed by atoms with van der Waals surface area (Å²) in [6.45, 7) is 10.6. The lowest BCUT2D eigenvalue weighted by atomic mass is 9.86. The van der Waals surface area contributed by atoms with Crippen molar-refractivity contribution < 1.29 is 33.6 Å². The quantitative estimate of drug-likeness (QED) is 0.300. The number of carbonyl (C=O) groups excluding carboxylic acids is 2. The van der Waals surface area contributed by atoms with Gasteiger partial charge in [-0.25, -0.2) is 14.6 Å². The van der Waals surface area contributed by atoms with Crippen LogP contribution in [0.3, 0.4) is 0 Å². The number of carbonyl (C=O) groups is 2. The van der Waals surface area contributed by atoms with Gasteiger partial charge < -0.3 is 33.9 Å². The second-order valence-corrected chi connectivity index (χ2v) is 13.7. The normalized spacial score (nSPS) is 20.7. The Hall–Kier alpha value is -4.16. The summed E-state index contributed by atoms with van der Waals surface area (Å²) in [7, 11) is 0. The van der Waals surface area contributed by atoms with Gasteiger partial charge in [0.05, 0.1) is 29.0 Å². The van der Waals surface area contributed by atoms with Crippen molar-refractivity contribution in [1.82, 2.24) is 19.8 Å². The average molecular weight is 633 g/mol. The van der Waals surface area contributed by atoms with E-state index in [1.807, 2.05) is 32.9 Å². The number of hydrogen-bond donors (Lipinski definition) is 2. The van der Waals surface area contributed by atoms with E-state index in [0.29, 0.717) is 59.6 Å². The Kier molecular flexibility index (Phi) is 7.47. The molecule has 0 bridgehead atoms. The third-order valence-corrected chi connectivity index (χ3v) is 9.61. The number of nitrogens with zero attached hydrogens (tertiary/aromatic N) is 3. The van der Waals surface area contributed by atoms with Crippen molar-refractivity contribution >= 4 is 23.0 Å². The molecule has 1 aromatic carbocycles. The van der Waals surface area contributed by atoms with Crippen LogP contribution in [0.2, 0.25) is 0 Å². The Morgan fingerprint density at radius 2 is 1.85 bits per heavy atom. The summed E-state index contributed by atoms with van der Waals surface area (Å²) in [5.41, 5.74) is 1.91. The number of pyridine rings is 2. The number of fused-ring (bicyclic) bond motifs is 6. The number of likely N-dealkylation sites (tertiary alicyclic amines) is 1. The Morgan fingerprint density at radius 3 is 2.57 bits per heavy atom. The lowest BCUT2D eigenvalue weighted by Gasteiger charge is -2.32. The van der Waals surface area contributed by atoms with Crippen molar-refractivity contribution in [1.29, 1.82) is 0 Å². The molecule has 2 aromatic heterocycles. The van der Waals surface area contributed by atoms with E-state index in [1.54, 1.807) is 17.6 Å². The number of rotatable bonds is 6. The number of benzene rings is 1. The number of ether oxygens (including phenoxy) is 4. The molecule has 4 aliphatic rings. The molecular formula is C34H40N4O8. The molecule has 0 saturated carbocycles. The van der Waals surface area contributed by atoms with Gasteiger partial charge in [0.2, 0.25) is 6.79 Å². The molecule has 0 aliphatic carbocycles. The molecule has 1 saturated heterocycles. The molecule has 0 spiro atoms. The SMILES string of the molecule is CC[C@@]1(O)C(=O)OCc2c1cc1n(c2=O)Cc2c-1nc1cc3c(cc1c2CN1CCC(CCNC(=O)OC(C)(C)C)CC1)OCO3. The third kappa shape index (κ3) is 5.27. The predicted molar refractivity (Wildman–Crippen MR) is 168 cm³/mol. The van der Waals surface area contributed by atoms with E-state index in [0.717, 1.165) is 54.4 Å². The molecule has 1 atom stereocenters. The fourth-order valence-corrected chi connectivity index (χ4v) is 7.08. The fourth-order valence-electron chi connectivity index (χ4n) is 7.08. The fraction of sp³-hybridized carbons (Fsp3) is 0.529. The third-order valence-electron chi connectivity index (χ3n) is 9.61. The van der Waals surface area contributed by atoms with Gasteiger partial charge in [-0.3, -0.25) is 9.69 Å². The zero-order valence-electron chi connectivity index (χ0n) is 26.7. The number of hydrogen-bond acceptors (Lipinski definition) is 10. The van der Waals surface area contributed by atoms with Gasteiger partial charge in [0.15, 0.2) is 17.1 Å². The molecule has 46 heavy (non-hydrogen) atoms. The second kappa shape index (κ2) is 11.3. The summed E-state index contributed by atoms with van der Waals surface area (Å²) in [5, 5.41) is 15.1. The van der Waals surface area contributed by atoms with E-state index in [2.05, 4.69) is 10.2 Å². The molecule has 1 fully saturated rings. The van der Waals surface area contributed by atoms with Crippen LogP contribution in [-0.4, -0.2) is 63.6 Å². The summed E-state index contributed by atoms with van der Waals surface area (Å²) in [4.78, 5) is 46.0. The van der Waals surface area contributed by atoms with Crippen LogP contribution >= 0.6 is 0 Å². The van der Waals surface area contributed by atoms with Crippen LogP contribution in [0, 0.1) is 5.92 Å². The van der Waals surface area contributed by atoms with Crippen LogP contribution in [0.4, 0.5) is 4.79 Å². The average Bonchev–Trinajstić information content (AvgIpc) is 3.62.